The summed E-state index contributed by atoms with van der Waals surface area (Å²) < 4.78 is 0. The Kier molecular flexibility index (Phi) is 4.55. The third kappa shape index (κ3) is 3.22. The number of nitrogens with zero attached hydrogens (tertiary/aromatic N) is 1. The fraction of sp³-hybridized carbons (Fsp3) is 0.381. The number of nitrogens with one attached hydrogen (secondary N) is 2. The lowest BCUT2D eigenvalue weighted by Crippen LogP contribution is -2.43. The summed E-state index contributed by atoms with van der Waals surface area (Å²) in [5, 5.41) is 12.2. The Morgan fingerprint density at radius 2 is 2.07 bits per heavy atom. The van der Waals surface area contributed by atoms with E-state index in [0.29, 0.717) is 28.9 Å². The zero-order valence-electron chi connectivity index (χ0n) is 15.9. The molecule has 146 valence electrons. The normalized spacial score (nSPS) is 22.7. The van der Waals surface area contributed by atoms with Gasteiger partial charge in [0.05, 0.1) is 12.6 Å². The fourth-order valence-corrected chi connectivity index (χ4v) is 4.20. The number of piperidine rings is 1. The van der Waals surface area contributed by atoms with Crippen LogP contribution >= 0.6 is 0 Å². The maximum absolute atomic E-state index is 12.9. The van der Waals surface area contributed by atoms with Gasteiger partial charge in [-0.25, -0.2) is 0 Å². The number of aliphatic hydroxyl groups excluding tert-OH is 1. The second kappa shape index (κ2) is 6.91. The number of aryl methyl sites for hydroxylation is 2. The van der Waals surface area contributed by atoms with Gasteiger partial charge in [0.2, 0.25) is 0 Å². The number of rotatable bonds is 4. The van der Waals surface area contributed by atoms with Gasteiger partial charge in [0.25, 0.3) is 17.4 Å². The van der Waals surface area contributed by atoms with Crippen LogP contribution in [0, 0.1) is 19.8 Å². The van der Waals surface area contributed by atoms with E-state index in [1.54, 1.807) is 49.1 Å². The first-order valence-electron chi connectivity index (χ1n) is 9.41. The summed E-state index contributed by atoms with van der Waals surface area (Å²) in [5.41, 5.74) is 2.31. The minimum Gasteiger partial charge on any atom is -0.392 e. The molecule has 0 spiro atoms. The molecule has 1 saturated heterocycles. The van der Waals surface area contributed by atoms with Crippen LogP contribution < -0.4 is 10.9 Å². The number of aromatic nitrogens is 1. The molecule has 1 saturated carbocycles. The number of amides is 2. The van der Waals surface area contributed by atoms with Gasteiger partial charge in [-0.1, -0.05) is 12.1 Å². The van der Waals surface area contributed by atoms with Crippen LogP contribution in [0.4, 0.5) is 0 Å². The highest BCUT2D eigenvalue weighted by Crippen LogP contribution is 2.45. The number of aromatic amines is 1. The highest BCUT2D eigenvalue weighted by molar-refractivity contribution is 5.97. The first-order chi connectivity index (χ1) is 13.4. The van der Waals surface area contributed by atoms with E-state index in [4.69, 9.17) is 0 Å². The maximum atomic E-state index is 12.9. The van der Waals surface area contributed by atoms with Crippen LogP contribution in [0.5, 0.6) is 0 Å². The smallest absolute Gasteiger partial charge is 0.261 e. The Morgan fingerprint density at radius 1 is 1.29 bits per heavy atom. The Morgan fingerprint density at radius 3 is 2.79 bits per heavy atom. The highest BCUT2D eigenvalue weighted by Gasteiger charge is 2.55. The SMILES string of the molecule is Cc1cc(C)c(C(=O)NC2CN(C(=O)c3cccc(CO)c3)C3CC23)c(=O)[nH]1. The topological polar surface area (TPSA) is 102 Å². The summed E-state index contributed by atoms with van der Waals surface area (Å²) in [6, 6.07) is 8.68. The van der Waals surface area contributed by atoms with Crippen LogP contribution in [-0.4, -0.2) is 45.4 Å². The molecular formula is C21H23N3O4. The molecule has 1 aromatic carbocycles. The van der Waals surface area contributed by atoms with Gasteiger partial charge < -0.3 is 20.3 Å². The van der Waals surface area contributed by atoms with Gasteiger partial charge >= 0.3 is 0 Å². The molecule has 3 atom stereocenters. The number of fused-ring (bicyclic) bond motifs is 1. The minimum atomic E-state index is -0.397. The largest absolute Gasteiger partial charge is 0.392 e. The molecule has 2 heterocycles. The third-order valence-corrected chi connectivity index (χ3v) is 5.64. The summed E-state index contributed by atoms with van der Waals surface area (Å²) in [7, 11) is 0. The lowest BCUT2D eigenvalue weighted by atomic mass is 10.1. The Bertz CT molecular complexity index is 1010. The van der Waals surface area contributed by atoms with Crippen molar-refractivity contribution < 1.29 is 14.7 Å². The van der Waals surface area contributed by atoms with E-state index in [-0.39, 0.29) is 36.1 Å². The molecule has 2 amide bonds. The molecule has 3 unspecified atom stereocenters. The van der Waals surface area contributed by atoms with Crippen molar-refractivity contribution in [3.05, 3.63) is 68.6 Å². The lowest BCUT2D eigenvalue weighted by Gasteiger charge is -2.22. The molecule has 2 aliphatic rings. The molecule has 1 aromatic heterocycles. The monoisotopic (exact) mass is 381 g/mol. The maximum Gasteiger partial charge on any atom is 0.261 e. The first-order valence-corrected chi connectivity index (χ1v) is 9.41. The second-order valence-corrected chi connectivity index (χ2v) is 7.70. The van der Waals surface area contributed by atoms with E-state index in [1.165, 1.54) is 0 Å². The zero-order chi connectivity index (χ0) is 20.0. The van der Waals surface area contributed by atoms with Crippen LogP contribution in [0.1, 0.15) is 44.0 Å². The Labute approximate surface area is 162 Å². The standard InChI is InChI=1S/C21H23N3O4/c1-11-6-12(2)22-19(26)18(11)20(27)23-16-9-24(17-8-15(16)17)21(28)14-5-3-4-13(7-14)10-25/h3-7,15-17,25H,8-10H2,1-2H3,(H,22,26)(H,23,27). The summed E-state index contributed by atoms with van der Waals surface area (Å²) in [6.45, 7) is 3.83. The number of pyridine rings is 1. The van der Waals surface area contributed by atoms with E-state index >= 15 is 0 Å². The van der Waals surface area contributed by atoms with Crippen LogP contribution in [0.2, 0.25) is 0 Å². The van der Waals surface area contributed by atoms with Crippen molar-refractivity contribution in [2.24, 2.45) is 5.92 Å². The van der Waals surface area contributed by atoms with Crippen LogP contribution in [0.25, 0.3) is 0 Å². The molecule has 3 N–H and O–H groups in total. The first kappa shape index (κ1) is 18.4. The molecule has 0 bridgehead atoms. The summed E-state index contributed by atoms with van der Waals surface area (Å²) in [6.07, 6.45) is 0.847. The number of H-pyrrole nitrogens is 1. The molecule has 7 nitrogen and oxygen atoms in total. The van der Waals surface area contributed by atoms with E-state index in [9.17, 15) is 19.5 Å². The van der Waals surface area contributed by atoms with Gasteiger partial charge in [-0.15, -0.1) is 0 Å². The van der Waals surface area contributed by atoms with Gasteiger partial charge in [-0.2, -0.15) is 0 Å². The minimum absolute atomic E-state index is 0.0936. The quantitative estimate of drug-likeness (QED) is 0.739. The number of carbonyl (C=O) groups excluding carboxylic acids is 2. The average Bonchev–Trinajstić information content (AvgIpc) is 3.37. The number of benzene rings is 1. The number of likely N-dealkylation sites (tertiary alicyclic amines) is 1. The van der Waals surface area contributed by atoms with Crippen molar-refractivity contribution in [1.82, 2.24) is 15.2 Å². The molecule has 0 radical (unpaired) electrons. The van der Waals surface area contributed by atoms with Crippen molar-refractivity contribution in [3.8, 4) is 0 Å². The molecule has 2 aromatic rings. The molecule has 28 heavy (non-hydrogen) atoms. The van der Waals surface area contributed by atoms with Crippen molar-refractivity contribution >= 4 is 11.8 Å². The average molecular weight is 381 g/mol. The van der Waals surface area contributed by atoms with Crippen molar-refractivity contribution in [3.63, 3.8) is 0 Å². The molecule has 1 aliphatic heterocycles. The van der Waals surface area contributed by atoms with E-state index in [2.05, 4.69) is 10.3 Å². The lowest BCUT2D eigenvalue weighted by molar-refractivity contribution is 0.0754. The summed E-state index contributed by atoms with van der Waals surface area (Å²) in [4.78, 5) is 42.2. The van der Waals surface area contributed by atoms with Gasteiger partial charge in [0.15, 0.2) is 0 Å². The predicted molar refractivity (Wildman–Crippen MR) is 103 cm³/mol. The molecular weight excluding hydrogens is 358 g/mol. The Hall–Kier alpha value is -2.93. The van der Waals surface area contributed by atoms with Gasteiger partial charge in [0, 0.05) is 29.8 Å². The van der Waals surface area contributed by atoms with Gasteiger partial charge in [-0.05, 0) is 49.6 Å². The van der Waals surface area contributed by atoms with Gasteiger partial charge in [0.1, 0.15) is 5.56 Å². The highest BCUT2D eigenvalue weighted by atomic mass is 16.3. The fourth-order valence-electron chi connectivity index (χ4n) is 4.20. The molecule has 1 aliphatic carbocycles. The van der Waals surface area contributed by atoms with E-state index in [1.807, 2.05) is 0 Å². The summed E-state index contributed by atoms with van der Waals surface area (Å²) in [5.74, 6) is -0.270. The number of carbonyl (C=O) groups is 2. The second-order valence-electron chi connectivity index (χ2n) is 7.70. The van der Waals surface area contributed by atoms with Crippen LogP contribution in [0.3, 0.4) is 0 Å². The molecule has 2 fully saturated rings. The van der Waals surface area contributed by atoms with Crippen molar-refractivity contribution in [2.75, 3.05) is 6.54 Å². The number of hydrogen-bond acceptors (Lipinski definition) is 4. The predicted octanol–water partition coefficient (Wildman–Crippen LogP) is 1.13. The van der Waals surface area contributed by atoms with E-state index in [0.717, 1.165) is 6.42 Å². The summed E-state index contributed by atoms with van der Waals surface area (Å²) >= 11 is 0. The molecule has 4 rings (SSSR count). The van der Waals surface area contributed by atoms with Crippen molar-refractivity contribution in [2.45, 2.75) is 39.0 Å². The van der Waals surface area contributed by atoms with Crippen LogP contribution in [0.15, 0.2) is 35.1 Å². The number of aliphatic hydroxyl groups is 1. The van der Waals surface area contributed by atoms with Gasteiger partial charge in [-0.3, -0.25) is 14.4 Å². The Balaban J connectivity index is 1.48. The third-order valence-electron chi connectivity index (χ3n) is 5.64. The van der Waals surface area contributed by atoms with E-state index < -0.39 is 11.5 Å². The number of hydrogen-bond donors (Lipinski definition) is 3. The zero-order valence-corrected chi connectivity index (χ0v) is 15.9. The molecule has 7 heteroatoms. The van der Waals surface area contributed by atoms with Crippen LogP contribution in [-0.2, 0) is 6.61 Å². The van der Waals surface area contributed by atoms with Crippen molar-refractivity contribution in [1.29, 1.82) is 0 Å².